The number of halogens is 2. The lowest BCUT2D eigenvalue weighted by Gasteiger charge is -2.04. The van der Waals surface area contributed by atoms with Crippen molar-refractivity contribution in [2.45, 2.75) is 31.7 Å². The zero-order chi connectivity index (χ0) is 12.7. The van der Waals surface area contributed by atoms with E-state index in [0.29, 0.717) is 24.0 Å². The van der Waals surface area contributed by atoms with Crippen LogP contribution in [0.3, 0.4) is 0 Å². The second kappa shape index (κ2) is 4.19. The predicted octanol–water partition coefficient (Wildman–Crippen LogP) is 2.57. The van der Waals surface area contributed by atoms with Crippen LogP contribution in [0.1, 0.15) is 30.4 Å². The lowest BCUT2D eigenvalue weighted by Crippen LogP contribution is -2.23. The van der Waals surface area contributed by atoms with E-state index in [1.807, 2.05) is 0 Å². The van der Waals surface area contributed by atoms with Gasteiger partial charge in [0.1, 0.15) is 11.6 Å². The third-order valence-electron chi connectivity index (χ3n) is 3.40. The number of carbonyl (C=O) groups excluding carboxylic acids is 1. The molecule has 1 saturated carbocycles. The first-order chi connectivity index (χ1) is 8.65. The normalized spacial score (nSPS) is 20.0. The maximum atomic E-state index is 13.7. The monoisotopic (exact) mass is 249 g/mol. The van der Waals surface area contributed by atoms with Crippen LogP contribution in [0.2, 0.25) is 0 Å². The third kappa shape index (κ3) is 2.03. The van der Waals surface area contributed by atoms with E-state index in [1.165, 1.54) is 6.08 Å². The number of allylic oxidation sites excluding steroid dienone is 1. The second-order valence-corrected chi connectivity index (χ2v) is 4.84. The minimum Gasteiger partial charge on any atom is -0.350 e. The van der Waals surface area contributed by atoms with Crippen LogP contribution in [0, 0.1) is 11.6 Å². The molecule has 1 fully saturated rings. The molecule has 0 heterocycles. The van der Waals surface area contributed by atoms with Crippen LogP contribution >= 0.6 is 0 Å². The Morgan fingerprint density at radius 2 is 1.94 bits per heavy atom. The minimum absolute atomic E-state index is 0.205. The maximum Gasteiger partial charge on any atom is 0.244 e. The highest BCUT2D eigenvalue weighted by Crippen LogP contribution is 2.35. The van der Waals surface area contributed by atoms with E-state index >= 15 is 0 Å². The molecule has 0 atom stereocenters. The number of hydrogen-bond donors (Lipinski definition) is 1. The number of benzene rings is 1. The fourth-order valence-electron chi connectivity index (χ4n) is 2.34. The Bertz CT molecular complexity index is 547. The van der Waals surface area contributed by atoms with E-state index in [4.69, 9.17) is 0 Å². The summed E-state index contributed by atoms with van der Waals surface area (Å²) in [7, 11) is 0. The van der Waals surface area contributed by atoms with Crippen LogP contribution in [-0.4, -0.2) is 11.9 Å². The highest BCUT2D eigenvalue weighted by molar-refractivity contribution is 5.96. The molecule has 0 bridgehead atoms. The van der Waals surface area contributed by atoms with Gasteiger partial charge >= 0.3 is 0 Å². The van der Waals surface area contributed by atoms with Crippen LogP contribution in [0.25, 0.3) is 5.57 Å². The minimum atomic E-state index is -0.450. The molecular formula is C14H13F2NO. The van der Waals surface area contributed by atoms with Crippen molar-refractivity contribution < 1.29 is 13.6 Å². The Morgan fingerprint density at radius 3 is 2.67 bits per heavy atom. The molecule has 2 aliphatic rings. The van der Waals surface area contributed by atoms with Gasteiger partial charge in [-0.05, 0) is 49.0 Å². The van der Waals surface area contributed by atoms with E-state index in [1.54, 1.807) is 0 Å². The number of amides is 1. The highest BCUT2D eigenvalue weighted by atomic mass is 19.1. The van der Waals surface area contributed by atoms with Crippen molar-refractivity contribution in [3.05, 3.63) is 41.0 Å². The van der Waals surface area contributed by atoms with Crippen molar-refractivity contribution in [1.29, 1.82) is 0 Å². The molecule has 2 aliphatic carbocycles. The van der Waals surface area contributed by atoms with Crippen LogP contribution in [0.4, 0.5) is 8.78 Å². The molecule has 0 unspecified atom stereocenters. The molecule has 0 aliphatic heterocycles. The van der Waals surface area contributed by atoms with Gasteiger partial charge < -0.3 is 5.32 Å². The number of carbonyl (C=O) groups is 1. The summed E-state index contributed by atoms with van der Waals surface area (Å²) in [6.07, 6.45) is 4.41. The van der Waals surface area contributed by atoms with Gasteiger partial charge in [-0.1, -0.05) is 0 Å². The standard InChI is InChI=1S/C14H13F2NO/c15-11-5-6-12(16)14-8(1-4-10(11)14)7-13(18)17-9-2-3-9/h5-7,9H,1-4H2,(H,17,18)/b8-7-. The summed E-state index contributed by atoms with van der Waals surface area (Å²) < 4.78 is 27.2. The molecule has 0 spiro atoms. The van der Waals surface area contributed by atoms with E-state index in [-0.39, 0.29) is 17.5 Å². The van der Waals surface area contributed by atoms with E-state index in [2.05, 4.69) is 5.32 Å². The van der Waals surface area contributed by atoms with Crippen LogP contribution in [0.5, 0.6) is 0 Å². The quantitative estimate of drug-likeness (QED) is 0.802. The summed E-state index contributed by atoms with van der Waals surface area (Å²) in [6.45, 7) is 0. The maximum absolute atomic E-state index is 13.7. The Balaban J connectivity index is 1.91. The summed E-state index contributed by atoms with van der Waals surface area (Å²) in [6, 6.07) is 2.53. The first-order valence-corrected chi connectivity index (χ1v) is 6.13. The van der Waals surface area contributed by atoms with Gasteiger partial charge in [0.2, 0.25) is 5.91 Å². The average Bonchev–Trinajstić information content (AvgIpc) is 3.02. The number of fused-ring (bicyclic) bond motifs is 1. The lowest BCUT2D eigenvalue weighted by atomic mass is 10.1. The molecule has 1 aromatic carbocycles. The Hall–Kier alpha value is -1.71. The van der Waals surface area contributed by atoms with Crippen LogP contribution in [0.15, 0.2) is 18.2 Å². The Kier molecular flexibility index (Phi) is 2.65. The van der Waals surface area contributed by atoms with Gasteiger partial charge in [-0.3, -0.25) is 4.79 Å². The second-order valence-electron chi connectivity index (χ2n) is 4.84. The molecule has 1 N–H and O–H groups in total. The van der Waals surface area contributed by atoms with Crippen LogP contribution in [-0.2, 0) is 11.2 Å². The summed E-state index contributed by atoms with van der Waals surface area (Å²) in [5, 5.41) is 2.81. The third-order valence-corrected chi connectivity index (χ3v) is 3.40. The van der Waals surface area contributed by atoms with Crippen molar-refractivity contribution in [2.24, 2.45) is 0 Å². The molecule has 3 rings (SSSR count). The molecular weight excluding hydrogens is 236 g/mol. The number of hydrogen-bond acceptors (Lipinski definition) is 1. The summed E-state index contributed by atoms with van der Waals surface area (Å²) >= 11 is 0. The van der Waals surface area contributed by atoms with E-state index < -0.39 is 11.6 Å². The van der Waals surface area contributed by atoms with Crippen molar-refractivity contribution in [1.82, 2.24) is 5.32 Å². The first kappa shape index (κ1) is 11.4. The Labute approximate surface area is 104 Å². The lowest BCUT2D eigenvalue weighted by molar-refractivity contribution is -0.116. The van der Waals surface area contributed by atoms with E-state index in [9.17, 15) is 13.6 Å². The molecule has 0 saturated heterocycles. The van der Waals surface area contributed by atoms with Gasteiger partial charge in [-0.2, -0.15) is 0 Å². The summed E-state index contributed by atoms with van der Waals surface area (Å²) in [4.78, 5) is 11.7. The zero-order valence-corrected chi connectivity index (χ0v) is 9.80. The number of nitrogens with one attached hydrogen (secondary N) is 1. The fraction of sp³-hybridized carbons (Fsp3) is 0.357. The van der Waals surface area contributed by atoms with Crippen LogP contribution < -0.4 is 5.32 Å². The molecule has 0 aromatic heterocycles. The molecule has 18 heavy (non-hydrogen) atoms. The van der Waals surface area contributed by atoms with E-state index in [0.717, 1.165) is 25.0 Å². The first-order valence-electron chi connectivity index (χ1n) is 6.13. The zero-order valence-electron chi connectivity index (χ0n) is 9.80. The highest BCUT2D eigenvalue weighted by Gasteiger charge is 2.26. The molecule has 1 aromatic rings. The molecule has 1 amide bonds. The van der Waals surface area contributed by atoms with Gasteiger partial charge in [0.15, 0.2) is 0 Å². The van der Waals surface area contributed by atoms with Crippen molar-refractivity contribution in [2.75, 3.05) is 0 Å². The van der Waals surface area contributed by atoms with Gasteiger partial charge in [0.25, 0.3) is 0 Å². The molecule has 0 radical (unpaired) electrons. The Morgan fingerprint density at radius 1 is 1.22 bits per heavy atom. The van der Waals surface area contributed by atoms with Gasteiger partial charge in [-0.15, -0.1) is 0 Å². The fourth-order valence-corrected chi connectivity index (χ4v) is 2.34. The predicted molar refractivity (Wildman–Crippen MR) is 63.8 cm³/mol. The van der Waals surface area contributed by atoms with Crippen molar-refractivity contribution >= 4 is 11.5 Å². The van der Waals surface area contributed by atoms with Crippen molar-refractivity contribution in [3.63, 3.8) is 0 Å². The number of rotatable bonds is 2. The molecule has 4 heteroatoms. The SMILES string of the molecule is O=C(/C=C1/CCc2c(F)ccc(F)c21)NC1CC1. The van der Waals surface area contributed by atoms with Gasteiger partial charge in [0, 0.05) is 17.7 Å². The summed E-state index contributed by atoms with van der Waals surface area (Å²) in [5.74, 6) is -1.05. The smallest absolute Gasteiger partial charge is 0.244 e. The largest absolute Gasteiger partial charge is 0.350 e. The summed E-state index contributed by atoms with van der Waals surface area (Å²) in [5.41, 5.74) is 1.27. The average molecular weight is 249 g/mol. The topological polar surface area (TPSA) is 29.1 Å². The molecule has 2 nitrogen and oxygen atoms in total. The van der Waals surface area contributed by atoms with Crippen molar-refractivity contribution in [3.8, 4) is 0 Å². The van der Waals surface area contributed by atoms with Gasteiger partial charge in [-0.25, -0.2) is 8.78 Å². The van der Waals surface area contributed by atoms with Gasteiger partial charge in [0.05, 0.1) is 0 Å². The molecule has 94 valence electrons.